The first-order valence-corrected chi connectivity index (χ1v) is 17.1. The molecule has 3 atom stereocenters. The molecule has 2 aliphatic rings. The normalized spacial score (nSPS) is 20.0. The van der Waals surface area contributed by atoms with E-state index in [1.807, 2.05) is 49.4 Å². The SMILES string of the molecule is CCC(C)n1ncn(-c2ccc(N3CCN(c4ccc(OC[C@@H]5CO[C@](Cc6ccnnc6)(c6ccccc6C)O5)cc4)CC3)cc2)c1=O. The highest BCUT2D eigenvalue weighted by molar-refractivity contribution is 5.54. The monoisotopic (exact) mass is 661 g/mol. The molecule has 2 aromatic heterocycles. The number of piperazine rings is 1. The van der Waals surface area contributed by atoms with Crippen LogP contribution in [0.3, 0.4) is 0 Å². The van der Waals surface area contributed by atoms with E-state index in [2.05, 4.69) is 75.3 Å². The Hall–Kier alpha value is -5.00. The van der Waals surface area contributed by atoms with Crippen molar-refractivity contribution in [2.75, 3.05) is 49.2 Å². The quantitative estimate of drug-likeness (QED) is 0.186. The zero-order valence-corrected chi connectivity index (χ0v) is 28.3. The summed E-state index contributed by atoms with van der Waals surface area (Å²) in [5.74, 6) is -0.112. The van der Waals surface area contributed by atoms with Gasteiger partial charge >= 0.3 is 5.69 Å². The van der Waals surface area contributed by atoms with Gasteiger partial charge in [0.05, 0.1) is 24.5 Å². The van der Waals surface area contributed by atoms with E-state index in [0.29, 0.717) is 19.6 Å². The van der Waals surface area contributed by atoms with Gasteiger partial charge < -0.3 is 24.0 Å². The first-order chi connectivity index (χ1) is 23.9. The zero-order valence-electron chi connectivity index (χ0n) is 28.3. The van der Waals surface area contributed by atoms with Gasteiger partial charge in [-0.2, -0.15) is 15.3 Å². The average Bonchev–Trinajstić information content (AvgIpc) is 3.75. The summed E-state index contributed by atoms with van der Waals surface area (Å²) in [5.41, 5.74) is 6.15. The van der Waals surface area contributed by atoms with Crippen LogP contribution in [0, 0.1) is 6.92 Å². The third kappa shape index (κ3) is 6.95. The molecule has 5 aromatic rings. The van der Waals surface area contributed by atoms with E-state index in [4.69, 9.17) is 14.2 Å². The Morgan fingerprint density at radius 3 is 2.22 bits per heavy atom. The fourth-order valence-corrected chi connectivity index (χ4v) is 6.63. The van der Waals surface area contributed by atoms with Gasteiger partial charge in [0.1, 0.15) is 24.8 Å². The Bertz CT molecular complexity index is 1890. The van der Waals surface area contributed by atoms with Crippen molar-refractivity contribution in [2.45, 2.75) is 51.5 Å². The fourth-order valence-electron chi connectivity index (χ4n) is 6.63. The van der Waals surface area contributed by atoms with Gasteiger partial charge in [0.15, 0.2) is 5.79 Å². The number of nitrogens with zero attached hydrogens (tertiary/aromatic N) is 7. The van der Waals surface area contributed by atoms with Crippen LogP contribution in [0.2, 0.25) is 0 Å². The smallest absolute Gasteiger partial charge is 0.350 e. The minimum Gasteiger partial charge on any atom is -0.491 e. The van der Waals surface area contributed by atoms with Crippen molar-refractivity contribution < 1.29 is 14.2 Å². The zero-order chi connectivity index (χ0) is 33.8. The maximum absolute atomic E-state index is 12.8. The number of ether oxygens (including phenoxy) is 3. The molecule has 0 amide bonds. The Kier molecular flexibility index (Phi) is 9.45. The molecule has 2 aliphatic heterocycles. The molecule has 0 saturated carbocycles. The van der Waals surface area contributed by atoms with E-state index in [0.717, 1.165) is 66.4 Å². The Labute approximate surface area is 286 Å². The van der Waals surface area contributed by atoms with Crippen molar-refractivity contribution in [1.29, 1.82) is 0 Å². The number of anilines is 2. The van der Waals surface area contributed by atoms with Crippen molar-refractivity contribution in [3.05, 3.63) is 125 Å². The molecule has 2 fully saturated rings. The van der Waals surface area contributed by atoms with Crippen molar-refractivity contribution >= 4 is 11.4 Å². The minimum absolute atomic E-state index is 0.0716. The molecule has 7 rings (SSSR count). The number of aromatic nitrogens is 5. The molecule has 254 valence electrons. The molecule has 0 aliphatic carbocycles. The maximum Gasteiger partial charge on any atom is 0.350 e. The van der Waals surface area contributed by atoms with E-state index < -0.39 is 5.79 Å². The molecule has 0 bridgehead atoms. The topological polar surface area (TPSA) is 99.8 Å². The average molecular weight is 662 g/mol. The highest BCUT2D eigenvalue weighted by atomic mass is 16.8. The van der Waals surface area contributed by atoms with Crippen molar-refractivity contribution in [2.24, 2.45) is 0 Å². The van der Waals surface area contributed by atoms with Crippen LogP contribution in [-0.2, 0) is 21.7 Å². The van der Waals surface area contributed by atoms with Gasteiger partial charge in [-0.15, -0.1) is 0 Å². The second-order valence-corrected chi connectivity index (χ2v) is 12.8. The predicted molar refractivity (Wildman–Crippen MR) is 189 cm³/mol. The van der Waals surface area contributed by atoms with Gasteiger partial charge in [-0.3, -0.25) is 0 Å². The lowest BCUT2D eigenvalue weighted by molar-refractivity contribution is -0.178. The standard InChI is InChI=1S/C38H43N7O4/c1-4-29(3)45-37(46)44(27-41-45)33-11-9-31(10-12-33)42-19-21-43(22-20-42)32-13-15-34(16-14-32)47-25-35-26-48-38(49-35,23-30-17-18-39-40-24-30)36-8-6-5-7-28(36)2/h5-18,24,27,29,35H,4,19-23,25-26H2,1-3H3/t29?,35-,38+/m1/s1. The second-order valence-electron chi connectivity index (χ2n) is 12.8. The van der Waals surface area contributed by atoms with E-state index in [1.165, 1.54) is 5.69 Å². The minimum atomic E-state index is -0.909. The van der Waals surface area contributed by atoms with Crippen LogP contribution in [0.25, 0.3) is 5.69 Å². The van der Waals surface area contributed by atoms with Gasteiger partial charge in [0, 0.05) is 55.7 Å². The van der Waals surface area contributed by atoms with E-state index in [9.17, 15) is 4.79 Å². The van der Waals surface area contributed by atoms with Crippen LogP contribution in [-0.4, -0.2) is 70.0 Å². The lowest BCUT2D eigenvalue weighted by Crippen LogP contribution is -2.46. The molecule has 0 N–H and O–H groups in total. The molecule has 1 unspecified atom stereocenters. The molecule has 0 radical (unpaired) electrons. The lowest BCUT2D eigenvalue weighted by atomic mass is 9.95. The van der Waals surface area contributed by atoms with E-state index in [1.54, 1.807) is 28.0 Å². The highest BCUT2D eigenvalue weighted by Gasteiger charge is 2.44. The Balaban J connectivity index is 0.925. The molecule has 11 heteroatoms. The van der Waals surface area contributed by atoms with Gasteiger partial charge in [-0.1, -0.05) is 31.2 Å². The molecular weight excluding hydrogens is 618 g/mol. The molecule has 2 saturated heterocycles. The summed E-state index contributed by atoms with van der Waals surface area (Å²) in [6, 6.07) is 26.7. The maximum atomic E-state index is 12.8. The van der Waals surface area contributed by atoms with Crippen molar-refractivity contribution in [3.63, 3.8) is 0 Å². The fraction of sp³-hybridized carbons (Fsp3) is 0.368. The van der Waals surface area contributed by atoms with Crippen LogP contribution >= 0.6 is 0 Å². The summed E-state index contributed by atoms with van der Waals surface area (Å²) in [4.78, 5) is 17.6. The predicted octanol–water partition coefficient (Wildman–Crippen LogP) is 5.32. The summed E-state index contributed by atoms with van der Waals surface area (Å²) in [5, 5.41) is 12.3. The second kappa shape index (κ2) is 14.2. The molecular formula is C38H43N7O4. The first-order valence-electron chi connectivity index (χ1n) is 17.1. The largest absolute Gasteiger partial charge is 0.491 e. The van der Waals surface area contributed by atoms with Crippen LogP contribution < -0.4 is 20.2 Å². The van der Waals surface area contributed by atoms with Crippen molar-refractivity contribution in [3.8, 4) is 11.4 Å². The van der Waals surface area contributed by atoms with Crippen molar-refractivity contribution in [1.82, 2.24) is 24.5 Å². The van der Waals surface area contributed by atoms with Gasteiger partial charge in [0.25, 0.3) is 0 Å². The molecule has 0 spiro atoms. The van der Waals surface area contributed by atoms with E-state index in [-0.39, 0.29) is 17.8 Å². The number of rotatable bonds is 11. The lowest BCUT2D eigenvalue weighted by Gasteiger charge is -2.37. The number of aryl methyl sites for hydroxylation is 1. The first kappa shape index (κ1) is 32.5. The Morgan fingerprint density at radius 2 is 1.57 bits per heavy atom. The molecule has 3 aromatic carbocycles. The van der Waals surface area contributed by atoms with Gasteiger partial charge in [-0.25, -0.2) is 14.0 Å². The van der Waals surface area contributed by atoms with Crippen LogP contribution in [0.5, 0.6) is 5.75 Å². The van der Waals surface area contributed by atoms with Crippen LogP contribution in [0.15, 0.2) is 102 Å². The number of hydrogen-bond acceptors (Lipinski definition) is 9. The van der Waals surface area contributed by atoms with Gasteiger partial charge in [-0.05, 0) is 86.0 Å². The number of hydrogen-bond donors (Lipinski definition) is 0. The van der Waals surface area contributed by atoms with Gasteiger partial charge in [0.2, 0.25) is 0 Å². The highest BCUT2D eigenvalue weighted by Crippen LogP contribution is 2.39. The third-order valence-electron chi connectivity index (χ3n) is 9.61. The summed E-state index contributed by atoms with van der Waals surface area (Å²) < 4.78 is 22.4. The summed E-state index contributed by atoms with van der Waals surface area (Å²) >= 11 is 0. The van der Waals surface area contributed by atoms with Crippen LogP contribution in [0.1, 0.15) is 43.0 Å². The number of benzene rings is 3. The van der Waals surface area contributed by atoms with E-state index >= 15 is 0 Å². The molecule has 49 heavy (non-hydrogen) atoms. The summed E-state index contributed by atoms with van der Waals surface area (Å²) in [6.45, 7) is 10.6. The Morgan fingerprint density at radius 1 is 0.898 bits per heavy atom. The van der Waals surface area contributed by atoms with Crippen LogP contribution in [0.4, 0.5) is 11.4 Å². The summed E-state index contributed by atoms with van der Waals surface area (Å²) in [6.07, 6.45) is 6.22. The summed E-state index contributed by atoms with van der Waals surface area (Å²) in [7, 11) is 0. The molecule has 4 heterocycles. The molecule has 11 nitrogen and oxygen atoms in total. The third-order valence-corrected chi connectivity index (χ3v) is 9.61.